The van der Waals surface area contributed by atoms with Gasteiger partial charge in [0.15, 0.2) is 5.75 Å². The molecule has 0 saturated carbocycles. The fraction of sp³-hybridized carbons (Fsp3) is 0.118. The molecule has 0 N–H and O–H groups in total. The van der Waals surface area contributed by atoms with Crippen LogP contribution < -0.4 is 9.64 Å². The average Bonchev–Trinajstić information content (AvgIpc) is 2.67. The number of nitrogens with zero attached hydrogens (tertiary/aromatic N) is 1. The van der Waals surface area contributed by atoms with Gasteiger partial charge in [-0.15, -0.1) is 0 Å². The van der Waals surface area contributed by atoms with Gasteiger partial charge in [0.25, 0.3) is 5.91 Å². The van der Waals surface area contributed by atoms with Crippen LogP contribution in [0.4, 0.5) is 5.69 Å². The van der Waals surface area contributed by atoms with Crippen LogP contribution in [0.2, 0.25) is 0 Å². The van der Waals surface area contributed by atoms with Crippen molar-refractivity contribution in [2.75, 3.05) is 4.90 Å². The summed E-state index contributed by atoms with van der Waals surface area (Å²) >= 11 is 0. The summed E-state index contributed by atoms with van der Waals surface area (Å²) in [5.41, 5.74) is 2.90. The molecule has 2 aromatic carbocycles. The lowest BCUT2D eigenvalue weighted by Crippen LogP contribution is -2.28. The molecule has 1 atom stereocenters. The topological polar surface area (TPSA) is 29.5 Å². The molecule has 1 unspecified atom stereocenters. The second-order valence-electron chi connectivity index (χ2n) is 5.11. The summed E-state index contributed by atoms with van der Waals surface area (Å²) < 4.78 is 6.01. The number of fused-ring (bicyclic) bond motifs is 5. The lowest BCUT2D eigenvalue weighted by molar-refractivity contribution is -0.113. The fourth-order valence-corrected chi connectivity index (χ4v) is 2.98. The minimum absolute atomic E-state index is 0.0141. The van der Waals surface area contributed by atoms with Crippen LogP contribution >= 0.6 is 0 Å². The summed E-state index contributed by atoms with van der Waals surface area (Å²) in [6, 6.07) is 15.5. The molecule has 2 aromatic rings. The number of para-hydroxylation sites is 3. The molecule has 2 aliphatic rings. The second-order valence-corrected chi connectivity index (χ2v) is 5.11. The molecule has 0 saturated heterocycles. The summed E-state index contributed by atoms with van der Waals surface area (Å²) in [7, 11) is 0. The SMILES string of the molecule is CC1=CC(=O)N2c3ccccc3Oc3ccccc3C12. The van der Waals surface area contributed by atoms with Gasteiger partial charge < -0.3 is 4.74 Å². The van der Waals surface area contributed by atoms with Crippen molar-refractivity contribution in [2.45, 2.75) is 13.0 Å². The molecule has 2 aliphatic heterocycles. The maximum Gasteiger partial charge on any atom is 0.251 e. The van der Waals surface area contributed by atoms with Gasteiger partial charge >= 0.3 is 0 Å². The van der Waals surface area contributed by atoms with Crippen LogP contribution in [-0.4, -0.2) is 5.91 Å². The zero-order chi connectivity index (χ0) is 13.7. The van der Waals surface area contributed by atoms with Crippen molar-refractivity contribution in [3.05, 3.63) is 65.7 Å². The van der Waals surface area contributed by atoms with Gasteiger partial charge in [-0.05, 0) is 30.7 Å². The number of carbonyl (C=O) groups is 1. The number of benzene rings is 2. The Bertz CT molecular complexity index is 748. The zero-order valence-corrected chi connectivity index (χ0v) is 11.0. The predicted molar refractivity (Wildman–Crippen MR) is 76.9 cm³/mol. The lowest BCUT2D eigenvalue weighted by Gasteiger charge is -2.25. The number of hydrogen-bond acceptors (Lipinski definition) is 2. The van der Waals surface area contributed by atoms with Crippen LogP contribution in [0.1, 0.15) is 18.5 Å². The molecule has 0 radical (unpaired) electrons. The van der Waals surface area contributed by atoms with E-state index in [9.17, 15) is 4.79 Å². The molecule has 0 bridgehead atoms. The molecule has 4 rings (SSSR count). The zero-order valence-electron chi connectivity index (χ0n) is 11.0. The Morgan fingerprint density at radius 1 is 1.00 bits per heavy atom. The molecule has 3 heteroatoms. The van der Waals surface area contributed by atoms with E-state index in [4.69, 9.17) is 4.74 Å². The number of carbonyl (C=O) groups excluding carboxylic acids is 1. The van der Waals surface area contributed by atoms with Crippen molar-refractivity contribution in [3.63, 3.8) is 0 Å². The maximum atomic E-state index is 12.3. The van der Waals surface area contributed by atoms with Crippen molar-refractivity contribution >= 4 is 11.6 Å². The molecule has 3 nitrogen and oxygen atoms in total. The van der Waals surface area contributed by atoms with E-state index in [1.807, 2.05) is 60.4 Å². The molecular weight excluding hydrogens is 250 g/mol. The first-order valence-corrected chi connectivity index (χ1v) is 6.63. The highest BCUT2D eigenvalue weighted by Gasteiger charge is 2.38. The molecule has 0 spiro atoms. The summed E-state index contributed by atoms with van der Waals surface area (Å²) in [6.07, 6.45) is 1.71. The van der Waals surface area contributed by atoms with Gasteiger partial charge in [-0.2, -0.15) is 0 Å². The van der Waals surface area contributed by atoms with Gasteiger partial charge in [0.05, 0.1) is 11.7 Å². The molecule has 1 amide bonds. The van der Waals surface area contributed by atoms with Crippen LogP contribution in [0.15, 0.2) is 60.2 Å². The number of ether oxygens (including phenoxy) is 1. The number of rotatable bonds is 0. The van der Waals surface area contributed by atoms with Crippen LogP contribution in [-0.2, 0) is 4.79 Å². The van der Waals surface area contributed by atoms with Crippen molar-refractivity contribution in [2.24, 2.45) is 0 Å². The van der Waals surface area contributed by atoms with E-state index < -0.39 is 0 Å². The first-order chi connectivity index (χ1) is 9.75. The van der Waals surface area contributed by atoms with E-state index in [0.717, 1.165) is 28.3 Å². The van der Waals surface area contributed by atoms with E-state index in [1.54, 1.807) is 6.08 Å². The number of hydrogen-bond donors (Lipinski definition) is 0. The van der Waals surface area contributed by atoms with Crippen LogP contribution in [0, 0.1) is 0 Å². The lowest BCUT2D eigenvalue weighted by atomic mass is 10.00. The van der Waals surface area contributed by atoms with E-state index in [1.165, 1.54) is 0 Å². The Hall–Kier alpha value is -2.55. The van der Waals surface area contributed by atoms with Gasteiger partial charge in [0.1, 0.15) is 5.75 Å². The third-order valence-electron chi connectivity index (χ3n) is 3.84. The van der Waals surface area contributed by atoms with E-state index >= 15 is 0 Å². The van der Waals surface area contributed by atoms with Crippen LogP contribution in [0.25, 0.3) is 0 Å². The third-order valence-corrected chi connectivity index (χ3v) is 3.84. The van der Waals surface area contributed by atoms with Crippen molar-refractivity contribution < 1.29 is 9.53 Å². The minimum atomic E-state index is -0.0673. The maximum absolute atomic E-state index is 12.3. The number of amides is 1. The van der Waals surface area contributed by atoms with Gasteiger partial charge in [-0.1, -0.05) is 30.3 Å². The van der Waals surface area contributed by atoms with Crippen LogP contribution in [0.5, 0.6) is 11.5 Å². The van der Waals surface area contributed by atoms with E-state index in [2.05, 4.69) is 0 Å². The van der Waals surface area contributed by atoms with Gasteiger partial charge in [-0.25, -0.2) is 0 Å². The van der Waals surface area contributed by atoms with Crippen LogP contribution in [0.3, 0.4) is 0 Å². The van der Waals surface area contributed by atoms with Gasteiger partial charge in [-0.3, -0.25) is 9.69 Å². The largest absolute Gasteiger partial charge is 0.455 e. The van der Waals surface area contributed by atoms with E-state index in [-0.39, 0.29) is 11.9 Å². The summed E-state index contributed by atoms with van der Waals surface area (Å²) in [5.74, 6) is 1.55. The quantitative estimate of drug-likeness (QED) is 0.723. The summed E-state index contributed by atoms with van der Waals surface area (Å²) in [5, 5.41) is 0. The molecule has 98 valence electrons. The standard InChI is InChI=1S/C17H13NO2/c1-11-10-16(19)18-13-7-3-5-9-15(13)20-14-8-4-2-6-12(14)17(11)18/h2-10,17H,1H3. The molecule has 0 fully saturated rings. The second kappa shape index (κ2) is 3.97. The normalized spacial score (nSPS) is 19.4. The van der Waals surface area contributed by atoms with Crippen molar-refractivity contribution in [1.82, 2.24) is 0 Å². The van der Waals surface area contributed by atoms with Gasteiger partial charge in [0, 0.05) is 11.6 Å². The highest BCUT2D eigenvalue weighted by atomic mass is 16.5. The molecule has 0 aliphatic carbocycles. The average molecular weight is 263 g/mol. The first-order valence-electron chi connectivity index (χ1n) is 6.63. The predicted octanol–water partition coefficient (Wildman–Crippen LogP) is 3.83. The highest BCUT2D eigenvalue weighted by Crippen LogP contribution is 2.48. The summed E-state index contributed by atoms with van der Waals surface area (Å²) in [6.45, 7) is 1.99. The Balaban J connectivity index is 2.02. The molecular formula is C17H13NO2. The Morgan fingerprint density at radius 3 is 2.55 bits per heavy atom. The number of anilines is 1. The molecule has 20 heavy (non-hydrogen) atoms. The Labute approximate surface area is 117 Å². The molecule has 2 heterocycles. The smallest absolute Gasteiger partial charge is 0.251 e. The summed E-state index contributed by atoms with van der Waals surface area (Å²) in [4.78, 5) is 14.2. The molecule has 0 aromatic heterocycles. The van der Waals surface area contributed by atoms with Crippen molar-refractivity contribution in [3.8, 4) is 11.5 Å². The first kappa shape index (κ1) is 11.3. The Morgan fingerprint density at radius 2 is 1.70 bits per heavy atom. The highest BCUT2D eigenvalue weighted by molar-refractivity contribution is 6.07. The third kappa shape index (κ3) is 1.43. The van der Waals surface area contributed by atoms with Crippen molar-refractivity contribution in [1.29, 1.82) is 0 Å². The fourth-order valence-electron chi connectivity index (χ4n) is 2.98. The van der Waals surface area contributed by atoms with Gasteiger partial charge in [0.2, 0.25) is 0 Å². The minimum Gasteiger partial charge on any atom is -0.455 e. The monoisotopic (exact) mass is 263 g/mol. The van der Waals surface area contributed by atoms with E-state index in [0.29, 0.717) is 0 Å². The Kier molecular flexibility index (Phi) is 2.24.